The maximum absolute atomic E-state index is 10.4. The fourth-order valence-corrected chi connectivity index (χ4v) is 1.91. The van der Waals surface area contributed by atoms with Gasteiger partial charge in [-0.05, 0) is 12.5 Å². The van der Waals surface area contributed by atoms with Gasteiger partial charge in [-0.25, -0.2) is 0 Å². The molecule has 0 bridgehead atoms. The first-order chi connectivity index (χ1) is 7.17. The second-order valence-electron chi connectivity index (χ2n) is 3.17. The molecular formula is C9H14N2O3S. The number of rotatable bonds is 6. The summed E-state index contributed by atoms with van der Waals surface area (Å²) in [6, 6.07) is 3.30. The van der Waals surface area contributed by atoms with Crippen molar-refractivity contribution in [3.05, 3.63) is 27.1 Å². The van der Waals surface area contributed by atoms with E-state index in [0.717, 1.165) is 22.6 Å². The fourth-order valence-electron chi connectivity index (χ4n) is 1.14. The standard InChI is InChI=1S/C9H14N2O3S/c1-2-7(6-12)10-5-8-3-4-9(15-8)11(13)14/h3-4,7,10,12H,2,5-6H2,1H3/t7-/m0/s1. The summed E-state index contributed by atoms with van der Waals surface area (Å²) in [5.41, 5.74) is 0. The van der Waals surface area contributed by atoms with Gasteiger partial charge in [0.15, 0.2) is 0 Å². The molecule has 15 heavy (non-hydrogen) atoms. The van der Waals surface area contributed by atoms with E-state index in [9.17, 15) is 10.1 Å². The Bertz CT molecular complexity index is 323. The number of nitrogens with zero attached hydrogens (tertiary/aromatic N) is 1. The van der Waals surface area contributed by atoms with E-state index in [-0.39, 0.29) is 17.6 Å². The van der Waals surface area contributed by atoms with Gasteiger partial charge in [0.2, 0.25) is 0 Å². The Balaban J connectivity index is 2.47. The molecule has 0 fully saturated rings. The molecule has 2 N–H and O–H groups in total. The summed E-state index contributed by atoms with van der Waals surface area (Å²) in [6.45, 7) is 2.63. The van der Waals surface area contributed by atoms with Crippen LogP contribution in [0.15, 0.2) is 12.1 Å². The molecule has 0 unspecified atom stereocenters. The van der Waals surface area contributed by atoms with Crippen molar-refractivity contribution in [2.24, 2.45) is 0 Å². The minimum atomic E-state index is -0.391. The van der Waals surface area contributed by atoms with Crippen molar-refractivity contribution in [3.8, 4) is 0 Å². The maximum Gasteiger partial charge on any atom is 0.324 e. The number of thiophene rings is 1. The highest BCUT2D eigenvalue weighted by Gasteiger charge is 2.10. The quantitative estimate of drug-likeness (QED) is 0.574. The average molecular weight is 230 g/mol. The minimum Gasteiger partial charge on any atom is -0.395 e. The van der Waals surface area contributed by atoms with E-state index in [2.05, 4.69) is 5.32 Å². The van der Waals surface area contributed by atoms with Crippen molar-refractivity contribution >= 4 is 16.3 Å². The third kappa shape index (κ3) is 3.58. The van der Waals surface area contributed by atoms with E-state index in [1.54, 1.807) is 6.07 Å². The van der Waals surface area contributed by atoms with Gasteiger partial charge in [0.1, 0.15) is 0 Å². The third-order valence-electron chi connectivity index (χ3n) is 2.11. The number of nitro groups is 1. The van der Waals surface area contributed by atoms with E-state index in [4.69, 9.17) is 5.11 Å². The number of aliphatic hydroxyl groups is 1. The van der Waals surface area contributed by atoms with Gasteiger partial charge in [-0.15, -0.1) is 0 Å². The molecule has 84 valence electrons. The molecule has 0 radical (unpaired) electrons. The molecule has 0 amide bonds. The maximum atomic E-state index is 10.4. The van der Waals surface area contributed by atoms with Crippen LogP contribution < -0.4 is 5.32 Å². The van der Waals surface area contributed by atoms with Crippen LogP contribution in [-0.2, 0) is 6.54 Å². The first-order valence-corrected chi connectivity index (χ1v) is 5.56. The molecule has 1 rings (SSSR count). The lowest BCUT2D eigenvalue weighted by Crippen LogP contribution is -2.30. The van der Waals surface area contributed by atoms with Gasteiger partial charge in [-0.2, -0.15) is 0 Å². The zero-order valence-electron chi connectivity index (χ0n) is 8.47. The van der Waals surface area contributed by atoms with Crippen LogP contribution in [0.1, 0.15) is 18.2 Å². The van der Waals surface area contributed by atoms with Crippen molar-refractivity contribution in [1.29, 1.82) is 0 Å². The zero-order chi connectivity index (χ0) is 11.3. The van der Waals surface area contributed by atoms with Crippen LogP contribution in [0.3, 0.4) is 0 Å². The predicted octanol–water partition coefficient (Wildman–Crippen LogP) is 1.52. The summed E-state index contributed by atoms with van der Waals surface area (Å²) in [4.78, 5) is 10.9. The van der Waals surface area contributed by atoms with Crippen LogP contribution in [0, 0.1) is 10.1 Å². The Morgan fingerprint density at radius 1 is 1.67 bits per heavy atom. The van der Waals surface area contributed by atoms with Crippen LogP contribution in [0.25, 0.3) is 0 Å². The van der Waals surface area contributed by atoms with Crippen molar-refractivity contribution in [1.82, 2.24) is 5.32 Å². The molecule has 0 saturated carbocycles. The highest BCUT2D eigenvalue weighted by molar-refractivity contribution is 7.15. The highest BCUT2D eigenvalue weighted by atomic mass is 32.1. The molecule has 0 aromatic carbocycles. The van der Waals surface area contributed by atoms with Crippen molar-refractivity contribution in [3.63, 3.8) is 0 Å². The first-order valence-electron chi connectivity index (χ1n) is 4.74. The summed E-state index contributed by atoms with van der Waals surface area (Å²) in [7, 11) is 0. The van der Waals surface area contributed by atoms with Gasteiger partial charge in [0.25, 0.3) is 0 Å². The summed E-state index contributed by atoms with van der Waals surface area (Å²) < 4.78 is 0. The van der Waals surface area contributed by atoms with Gasteiger partial charge < -0.3 is 10.4 Å². The summed E-state index contributed by atoms with van der Waals surface area (Å²) in [6.07, 6.45) is 0.837. The van der Waals surface area contributed by atoms with Crippen LogP contribution in [-0.4, -0.2) is 22.7 Å². The molecular weight excluding hydrogens is 216 g/mol. The van der Waals surface area contributed by atoms with E-state index in [1.807, 2.05) is 6.92 Å². The lowest BCUT2D eigenvalue weighted by atomic mass is 10.2. The molecule has 1 aromatic rings. The average Bonchev–Trinajstić information content (AvgIpc) is 2.68. The zero-order valence-corrected chi connectivity index (χ0v) is 9.29. The summed E-state index contributed by atoms with van der Waals surface area (Å²) in [5, 5.41) is 22.6. The largest absolute Gasteiger partial charge is 0.395 e. The third-order valence-corrected chi connectivity index (χ3v) is 3.14. The highest BCUT2D eigenvalue weighted by Crippen LogP contribution is 2.23. The van der Waals surface area contributed by atoms with Gasteiger partial charge in [-0.3, -0.25) is 10.1 Å². The molecule has 5 nitrogen and oxygen atoms in total. The van der Waals surface area contributed by atoms with Crippen LogP contribution in [0.5, 0.6) is 0 Å². The first kappa shape index (κ1) is 12.1. The van der Waals surface area contributed by atoms with Crippen LogP contribution in [0.2, 0.25) is 0 Å². The van der Waals surface area contributed by atoms with Gasteiger partial charge in [-0.1, -0.05) is 18.3 Å². The molecule has 0 saturated heterocycles. The second-order valence-corrected chi connectivity index (χ2v) is 4.31. The smallest absolute Gasteiger partial charge is 0.324 e. The van der Waals surface area contributed by atoms with Crippen molar-refractivity contribution in [2.45, 2.75) is 25.9 Å². The molecule has 0 spiro atoms. The van der Waals surface area contributed by atoms with Crippen LogP contribution in [0.4, 0.5) is 5.00 Å². The Kier molecular flexibility index (Phi) is 4.67. The topological polar surface area (TPSA) is 75.4 Å². The molecule has 0 aliphatic carbocycles. The van der Waals surface area contributed by atoms with Crippen molar-refractivity contribution < 1.29 is 10.0 Å². The minimum absolute atomic E-state index is 0.0613. The van der Waals surface area contributed by atoms with E-state index in [0.29, 0.717) is 6.54 Å². The molecule has 1 atom stereocenters. The lowest BCUT2D eigenvalue weighted by Gasteiger charge is -2.12. The molecule has 6 heteroatoms. The molecule has 1 heterocycles. The number of hydrogen-bond acceptors (Lipinski definition) is 5. The lowest BCUT2D eigenvalue weighted by molar-refractivity contribution is -0.380. The van der Waals surface area contributed by atoms with Crippen LogP contribution >= 0.6 is 11.3 Å². The normalized spacial score (nSPS) is 12.7. The van der Waals surface area contributed by atoms with Crippen molar-refractivity contribution in [2.75, 3.05) is 6.61 Å². The number of hydrogen-bond donors (Lipinski definition) is 2. The van der Waals surface area contributed by atoms with Gasteiger partial charge >= 0.3 is 5.00 Å². The predicted molar refractivity (Wildman–Crippen MR) is 59.0 cm³/mol. The fraction of sp³-hybridized carbons (Fsp3) is 0.556. The monoisotopic (exact) mass is 230 g/mol. The number of nitrogens with one attached hydrogen (secondary N) is 1. The Morgan fingerprint density at radius 2 is 2.40 bits per heavy atom. The van der Waals surface area contributed by atoms with E-state index in [1.165, 1.54) is 6.07 Å². The molecule has 0 aliphatic heterocycles. The Labute approximate surface area is 91.9 Å². The second kappa shape index (κ2) is 5.79. The summed E-state index contributed by atoms with van der Waals surface area (Å²) >= 11 is 1.16. The Morgan fingerprint density at radius 3 is 2.87 bits per heavy atom. The van der Waals surface area contributed by atoms with Gasteiger partial charge in [0, 0.05) is 23.5 Å². The summed E-state index contributed by atoms with van der Waals surface area (Å²) in [5.74, 6) is 0. The van der Waals surface area contributed by atoms with E-state index >= 15 is 0 Å². The van der Waals surface area contributed by atoms with E-state index < -0.39 is 4.92 Å². The molecule has 0 aliphatic rings. The molecule has 1 aromatic heterocycles. The Hall–Kier alpha value is -0.980. The number of aliphatic hydroxyl groups excluding tert-OH is 1. The SMILES string of the molecule is CC[C@@H](CO)NCc1ccc([N+](=O)[O-])s1. The van der Waals surface area contributed by atoms with Gasteiger partial charge in [0.05, 0.1) is 11.5 Å².